The van der Waals surface area contributed by atoms with Crippen LogP contribution in [0.15, 0.2) is 54.7 Å². The van der Waals surface area contributed by atoms with E-state index in [1.165, 1.54) is 12.1 Å². The number of hydrogen-bond acceptors (Lipinski definition) is 3. The van der Waals surface area contributed by atoms with E-state index in [-0.39, 0.29) is 24.7 Å². The Hall–Kier alpha value is -2.95. The lowest BCUT2D eigenvalue weighted by molar-refractivity contribution is -0.116. The molecule has 0 atom stereocenters. The normalized spacial score (nSPS) is 10.6. The van der Waals surface area contributed by atoms with E-state index in [0.29, 0.717) is 5.69 Å². The van der Waals surface area contributed by atoms with Gasteiger partial charge in [0.15, 0.2) is 11.6 Å². The number of benzene rings is 2. The highest BCUT2D eigenvalue weighted by Crippen LogP contribution is 2.24. The van der Waals surface area contributed by atoms with Gasteiger partial charge in [-0.3, -0.25) is 9.78 Å². The monoisotopic (exact) mass is 324 g/mol. The Morgan fingerprint density at radius 1 is 1.17 bits per heavy atom. The van der Waals surface area contributed by atoms with Gasteiger partial charge in [-0.2, -0.15) is 0 Å². The summed E-state index contributed by atoms with van der Waals surface area (Å²) in [4.78, 5) is 16.5. The van der Waals surface area contributed by atoms with Gasteiger partial charge in [0, 0.05) is 11.6 Å². The molecule has 0 bridgehead atoms. The number of ether oxygens (including phenoxy) is 1. The van der Waals surface area contributed by atoms with E-state index >= 15 is 0 Å². The lowest BCUT2D eigenvalue weighted by atomic mass is 10.1. The van der Waals surface area contributed by atoms with E-state index in [0.717, 1.165) is 16.5 Å². The molecule has 5 heteroatoms. The standard InChI is InChI=1S/C19H17FN2O2/c1-13-8-9-16(14-5-4-11-21-19(13)14)22-18(23)10-12-24-17-7-3-2-6-15(17)20/h2-9,11H,10,12H2,1H3,(H,22,23). The maximum atomic E-state index is 13.4. The molecule has 0 fully saturated rings. The third-order valence-corrected chi connectivity index (χ3v) is 3.67. The van der Waals surface area contributed by atoms with Gasteiger partial charge in [0.05, 0.1) is 24.2 Å². The maximum Gasteiger partial charge on any atom is 0.227 e. The second-order valence-corrected chi connectivity index (χ2v) is 5.41. The second-order valence-electron chi connectivity index (χ2n) is 5.41. The maximum absolute atomic E-state index is 13.4. The number of aryl methyl sites for hydroxylation is 1. The average molecular weight is 324 g/mol. The van der Waals surface area contributed by atoms with Crippen LogP contribution in [0.25, 0.3) is 10.9 Å². The summed E-state index contributed by atoms with van der Waals surface area (Å²) in [5.41, 5.74) is 2.61. The Balaban J connectivity index is 1.63. The summed E-state index contributed by atoms with van der Waals surface area (Å²) in [5.74, 6) is -0.482. The van der Waals surface area contributed by atoms with Crippen LogP contribution in [0.2, 0.25) is 0 Å². The van der Waals surface area contributed by atoms with E-state index in [1.807, 2.05) is 31.2 Å². The van der Waals surface area contributed by atoms with Crippen molar-refractivity contribution >= 4 is 22.5 Å². The number of anilines is 1. The van der Waals surface area contributed by atoms with Crippen molar-refractivity contribution in [1.82, 2.24) is 4.98 Å². The number of rotatable bonds is 5. The number of amides is 1. The van der Waals surface area contributed by atoms with Gasteiger partial charge in [0.1, 0.15) is 0 Å². The molecule has 4 nitrogen and oxygen atoms in total. The number of nitrogens with zero attached hydrogens (tertiary/aromatic N) is 1. The van der Waals surface area contributed by atoms with Crippen molar-refractivity contribution in [2.24, 2.45) is 0 Å². The largest absolute Gasteiger partial charge is 0.490 e. The minimum Gasteiger partial charge on any atom is -0.490 e. The van der Waals surface area contributed by atoms with Gasteiger partial charge >= 0.3 is 0 Å². The number of fused-ring (bicyclic) bond motifs is 1. The van der Waals surface area contributed by atoms with Crippen LogP contribution in [0.1, 0.15) is 12.0 Å². The van der Waals surface area contributed by atoms with Crippen molar-refractivity contribution in [2.75, 3.05) is 11.9 Å². The molecule has 1 amide bonds. The summed E-state index contributed by atoms with van der Waals surface area (Å²) in [5, 5.41) is 3.75. The first-order valence-electron chi connectivity index (χ1n) is 7.66. The number of halogens is 1. The number of nitrogens with one attached hydrogen (secondary N) is 1. The first-order chi connectivity index (χ1) is 11.6. The number of pyridine rings is 1. The minimum absolute atomic E-state index is 0.106. The lowest BCUT2D eigenvalue weighted by Gasteiger charge is -2.11. The van der Waals surface area contributed by atoms with Crippen LogP contribution in [0.4, 0.5) is 10.1 Å². The van der Waals surface area contributed by atoms with Crippen molar-refractivity contribution in [3.63, 3.8) is 0 Å². The first kappa shape index (κ1) is 15.9. The Kier molecular flexibility index (Phi) is 4.70. The Morgan fingerprint density at radius 2 is 2.00 bits per heavy atom. The fourth-order valence-electron chi connectivity index (χ4n) is 2.45. The molecule has 0 saturated heterocycles. The highest BCUT2D eigenvalue weighted by Gasteiger charge is 2.09. The van der Waals surface area contributed by atoms with Crippen LogP contribution in [-0.4, -0.2) is 17.5 Å². The predicted molar refractivity (Wildman–Crippen MR) is 91.6 cm³/mol. The SMILES string of the molecule is Cc1ccc(NC(=O)CCOc2ccccc2F)c2cccnc12. The molecule has 1 N–H and O–H groups in total. The first-order valence-corrected chi connectivity index (χ1v) is 7.66. The van der Waals surface area contributed by atoms with Gasteiger partial charge in [0.2, 0.25) is 5.91 Å². The predicted octanol–water partition coefficient (Wildman–Crippen LogP) is 4.09. The van der Waals surface area contributed by atoms with Crippen LogP contribution in [0, 0.1) is 12.7 Å². The minimum atomic E-state index is -0.437. The van der Waals surface area contributed by atoms with Crippen molar-refractivity contribution in [1.29, 1.82) is 0 Å². The molecule has 0 spiro atoms. The molecule has 0 saturated carbocycles. The molecule has 1 heterocycles. The Labute approximate surface area is 139 Å². The summed E-state index contributed by atoms with van der Waals surface area (Å²) in [6.07, 6.45) is 1.85. The fraction of sp³-hybridized carbons (Fsp3) is 0.158. The van der Waals surface area contributed by atoms with Gasteiger partial charge in [-0.25, -0.2) is 4.39 Å². The van der Waals surface area contributed by atoms with E-state index in [1.54, 1.807) is 18.3 Å². The number of hydrogen-bond donors (Lipinski definition) is 1. The molecule has 0 aliphatic heterocycles. The van der Waals surface area contributed by atoms with Crippen LogP contribution in [0.3, 0.4) is 0 Å². The molecule has 0 unspecified atom stereocenters. The number of carbonyl (C=O) groups excluding carboxylic acids is 1. The molecular weight excluding hydrogens is 307 g/mol. The smallest absolute Gasteiger partial charge is 0.227 e. The zero-order chi connectivity index (χ0) is 16.9. The molecule has 1 aromatic heterocycles. The van der Waals surface area contributed by atoms with Gasteiger partial charge in [-0.05, 0) is 42.8 Å². The molecular formula is C19H17FN2O2. The van der Waals surface area contributed by atoms with Crippen LogP contribution < -0.4 is 10.1 Å². The second kappa shape index (κ2) is 7.08. The van der Waals surface area contributed by atoms with Crippen LogP contribution in [-0.2, 0) is 4.79 Å². The molecule has 0 aliphatic carbocycles. The third-order valence-electron chi connectivity index (χ3n) is 3.67. The van der Waals surface area contributed by atoms with E-state index in [2.05, 4.69) is 10.3 Å². The summed E-state index contributed by atoms with van der Waals surface area (Å²) in [7, 11) is 0. The zero-order valence-electron chi connectivity index (χ0n) is 13.3. The Morgan fingerprint density at radius 3 is 2.83 bits per heavy atom. The molecule has 3 aromatic rings. The third kappa shape index (κ3) is 3.51. The topological polar surface area (TPSA) is 51.2 Å². The fourth-order valence-corrected chi connectivity index (χ4v) is 2.45. The summed E-state index contributed by atoms with van der Waals surface area (Å²) < 4.78 is 18.7. The van der Waals surface area contributed by atoms with E-state index in [4.69, 9.17) is 4.74 Å². The highest BCUT2D eigenvalue weighted by atomic mass is 19.1. The molecule has 0 radical (unpaired) electrons. The van der Waals surface area contributed by atoms with E-state index in [9.17, 15) is 9.18 Å². The zero-order valence-corrected chi connectivity index (χ0v) is 13.3. The van der Waals surface area contributed by atoms with Gasteiger partial charge in [-0.15, -0.1) is 0 Å². The van der Waals surface area contributed by atoms with Crippen molar-refractivity contribution in [3.8, 4) is 5.75 Å². The summed E-state index contributed by atoms with van der Waals surface area (Å²) in [6.45, 7) is 2.08. The number of aromatic nitrogens is 1. The van der Waals surface area contributed by atoms with Crippen LogP contribution >= 0.6 is 0 Å². The molecule has 0 aliphatic rings. The Bertz CT molecular complexity index is 880. The van der Waals surface area contributed by atoms with Gasteiger partial charge in [-0.1, -0.05) is 18.2 Å². The molecule has 3 rings (SSSR count). The van der Waals surface area contributed by atoms with Crippen molar-refractivity contribution < 1.29 is 13.9 Å². The summed E-state index contributed by atoms with van der Waals surface area (Å²) >= 11 is 0. The van der Waals surface area contributed by atoms with Crippen molar-refractivity contribution in [3.05, 3.63) is 66.1 Å². The average Bonchev–Trinajstić information content (AvgIpc) is 2.59. The van der Waals surface area contributed by atoms with E-state index < -0.39 is 5.82 Å². The molecule has 122 valence electrons. The quantitative estimate of drug-likeness (QED) is 0.769. The van der Waals surface area contributed by atoms with Crippen molar-refractivity contribution in [2.45, 2.75) is 13.3 Å². The lowest BCUT2D eigenvalue weighted by Crippen LogP contribution is -2.15. The highest BCUT2D eigenvalue weighted by molar-refractivity contribution is 6.01. The van der Waals surface area contributed by atoms with Gasteiger partial charge < -0.3 is 10.1 Å². The van der Waals surface area contributed by atoms with Gasteiger partial charge in [0.25, 0.3) is 0 Å². The number of carbonyl (C=O) groups is 1. The number of para-hydroxylation sites is 1. The molecule has 24 heavy (non-hydrogen) atoms. The van der Waals surface area contributed by atoms with Crippen LogP contribution in [0.5, 0.6) is 5.75 Å². The molecule has 2 aromatic carbocycles. The summed E-state index contributed by atoms with van der Waals surface area (Å²) in [6, 6.07) is 13.7.